The topological polar surface area (TPSA) is 63.2 Å². The quantitative estimate of drug-likeness (QED) is 0.568. The molecule has 0 saturated heterocycles. The molecule has 0 spiro atoms. The molecule has 0 aliphatic carbocycles. The van der Waals surface area contributed by atoms with Crippen LogP contribution in [-0.4, -0.2) is 43.8 Å². The summed E-state index contributed by atoms with van der Waals surface area (Å²) in [4.78, 5) is 13.5. The molecule has 0 radical (unpaired) electrons. The zero-order valence-corrected chi connectivity index (χ0v) is 15.9. The van der Waals surface area contributed by atoms with Gasteiger partial charge >= 0.3 is 0 Å². The van der Waals surface area contributed by atoms with E-state index in [9.17, 15) is 9.18 Å². The third-order valence-corrected chi connectivity index (χ3v) is 3.61. The first-order valence-electron chi connectivity index (χ1n) is 8.60. The normalized spacial score (nSPS) is 11.9. The Hall–Kier alpha value is -3.09. The van der Waals surface area contributed by atoms with Crippen molar-refractivity contribution < 1.29 is 18.7 Å². The third-order valence-electron chi connectivity index (χ3n) is 3.61. The van der Waals surface area contributed by atoms with E-state index in [-0.39, 0.29) is 11.7 Å². The van der Waals surface area contributed by atoms with Gasteiger partial charge in [-0.15, -0.1) is 0 Å². The Balaban J connectivity index is 2.10. The van der Waals surface area contributed by atoms with Crippen LogP contribution in [0.5, 0.6) is 11.5 Å². The Labute approximate surface area is 158 Å². The van der Waals surface area contributed by atoms with Crippen molar-refractivity contribution in [2.24, 2.45) is 5.10 Å². The summed E-state index contributed by atoms with van der Waals surface area (Å²) >= 11 is 0. The van der Waals surface area contributed by atoms with Crippen LogP contribution in [0.1, 0.15) is 19.4 Å². The van der Waals surface area contributed by atoms with Crippen molar-refractivity contribution in [3.8, 4) is 11.5 Å². The van der Waals surface area contributed by atoms with E-state index in [0.717, 1.165) is 5.56 Å². The Bertz CT molecular complexity index is 792. The third kappa shape index (κ3) is 5.99. The summed E-state index contributed by atoms with van der Waals surface area (Å²) in [5.41, 5.74) is 4.29. The molecule has 0 aliphatic heterocycles. The summed E-state index contributed by atoms with van der Waals surface area (Å²) < 4.78 is 24.3. The Morgan fingerprint density at radius 1 is 1.22 bits per heavy atom. The zero-order chi connectivity index (χ0) is 19.8. The van der Waals surface area contributed by atoms with E-state index in [0.29, 0.717) is 23.8 Å². The minimum atomic E-state index is -0.626. The van der Waals surface area contributed by atoms with E-state index in [1.165, 1.54) is 17.0 Å². The van der Waals surface area contributed by atoms with Crippen molar-refractivity contribution in [2.75, 3.05) is 26.1 Å². The molecule has 0 heterocycles. The van der Waals surface area contributed by atoms with Gasteiger partial charge in [-0.05, 0) is 61.9 Å². The zero-order valence-electron chi connectivity index (χ0n) is 15.9. The molecule has 2 rings (SSSR count). The minimum Gasteiger partial charge on any atom is -0.490 e. The lowest BCUT2D eigenvalue weighted by atomic mass is 10.2. The lowest BCUT2D eigenvalue weighted by Gasteiger charge is -2.20. The maximum atomic E-state index is 12.9. The van der Waals surface area contributed by atoms with Crippen LogP contribution >= 0.6 is 0 Å². The molecule has 0 fully saturated rings. The average molecular weight is 373 g/mol. The second-order valence-electron chi connectivity index (χ2n) is 6.01. The highest BCUT2D eigenvalue weighted by Crippen LogP contribution is 2.29. The molecular formula is C20H24FN3O3. The second-order valence-corrected chi connectivity index (χ2v) is 6.01. The fraction of sp³-hybridized carbons (Fsp3) is 0.300. The smallest absolute Gasteiger partial charge is 0.262 e. The van der Waals surface area contributed by atoms with Crippen LogP contribution in [0.15, 0.2) is 47.6 Å². The van der Waals surface area contributed by atoms with Gasteiger partial charge in [-0.1, -0.05) is 0 Å². The van der Waals surface area contributed by atoms with Crippen LogP contribution in [0, 0.1) is 5.82 Å². The molecule has 1 amide bonds. The largest absolute Gasteiger partial charge is 0.490 e. The molecule has 27 heavy (non-hydrogen) atoms. The number of halogens is 1. The van der Waals surface area contributed by atoms with Gasteiger partial charge in [-0.2, -0.15) is 5.10 Å². The number of hydrogen-bond donors (Lipinski definition) is 1. The molecule has 0 saturated carbocycles. The van der Waals surface area contributed by atoms with Gasteiger partial charge in [0, 0.05) is 14.1 Å². The predicted octanol–water partition coefficient (Wildman–Crippen LogP) is 3.53. The van der Waals surface area contributed by atoms with Gasteiger partial charge in [0.15, 0.2) is 17.6 Å². The first-order valence-corrected chi connectivity index (χ1v) is 8.60. The van der Waals surface area contributed by atoms with E-state index in [4.69, 9.17) is 9.47 Å². The van der Waals surface area contributed by atoms with E-state index in [2.05, 4.69) is 10.5 Å². The van der Waals surface area contributed by atoms with Gasteiger partial charge in [0.2, 0.25) is 0 Å². The van der Waals surface area contributed by atoms with Gasteiger partial charge in [0.05, 0.1) is 18.5 Å². The molecule has 0 unspecified atom stereocenters. The number of hydrogen-bond acceptors (Lipinski definition) is 5. The van der Waals surface area contributed by atoms with Gasteiger partial charge in [0.1, 0.15) is 5.82 Å². The highest BCUT2D eigenvalue weighted by Gasteiger charge is 2.18. The second kappa shape index (κ2) is 9.56. The number of nitrogens with zero attached hydrogens (tertiary/aromatic N) is 2. The number of carbonyl (C=O) groups excluding carboxylic acids is 1. The van der Waals surface area contributed by atoms with Crippen molar-refractivity contribution in [1.29, 1.82) is 0 Å². The summed E-state index contributed by atoms with van der Waals surface area (Å²) in [5.74, 6) is 0.583. The number of ether oxygens (including phenoxy) is 2. The van der Waals surface area contributed by atoms with E-state index in [1.807, 2.05) is 6.92 Å². The molecule has 7 heteroatoms. The van der Waals surface area contributed by atoms with Crippen molar-refractivity contribution in [3.05, 3.63) is 53.8 Å². The summed E-state index contributed by atoms with van der Waals surface area (Å²) in [5, 5.41) is 4.13. The lowest BCUT2D eigenvalue weighted by molar-refractivity contribution is -0.135. The van der Waals surface area contributed by atoms with E-state index < -0.39 is 6.10 Å². The first kappa shape index (κ1) is 20.2. The van der Waals surface area contributed by atoms with E-state index in [1.54, 1.807) is 57.6 Å². The number of anilines is 1. The first-order chi connectivity index (χ1) is 12.9. The van der Waals surface area contributed by atoms with Gasteiger partial charge in [-0.3, -0.25) is 10.2 Å². The van der Waals surface area contributed by atoms with Crippen molar-refractivity contribution in [1.82, 2.24) is 4.90 Å². The number of nitrogens with one attached hydrogen (secondary N) is 1. The fourth-order valence-electron chi connectivity index (χ4n) is 2.28. The van der Waals surface area contributed by atoms with Gasteiger partial charge < -0.3 is 14.4 Å². The summed E-state index contributed by atoms with van der Waals surface area (Å²) in [6.45, 7) is 4.02. The van der Waals surface area contributed by atoms with Gasteiger partial charge in [-0.25, -0.2) is 4.39 Å². The highest BCUT2D eigenvalue weighted by molar-refractivity contribution is 5.82. The summed E-state index contributed by atoms with van der Waals surface area (Å²) in [7, 11) is 3.36. The number of carbonyl (C=O) groups is 1. The molecule has 0 aromatic heterocycles. The van der Waals surface area contributed by atoms with Crippen LogP contribution in [0.3, 0.4) is 0 Å². The van der Waals surface area contributed by atoms with Crippen molar-refractivity contribution in [2.45, 2.75) is 20.0 Å². The Morgan fingerprint density at radius 3 is 2.56 bits per heavy atom. The van der Waals surface area contributed by atoms with Crippen molar-refractivity contribution >= 4 is 17.8 Å². The molecule has 144 valence electrons. The van der Waals surface area contributed by atoms with Crippen molar-refractivity contribution in [3.63, 3.8) is 0 Å². The number of benzene rings is 2. The van der Waals surface area contributed by atoms with Gasteiger partial charge in [0.25, 0.3) is 5.91 Å². The van der Waals surface area contributed by atoms with Crippen LogP contribution in [-0.2, 0) is 4.79 Å². The minimum absolute atomic E-state index is 0.133. The molecule has 0 bridgehead atoms. The van der Waals surface area contributed by atoms with E-state index >= 15 is 0 Å². The molecule has 1 atom stereocenters. The monoisotopic (exact) mass is 373 g/mol. The molecule has 0 aliphatic rings. The number of likely N-dealkylation sites (N-methyl/N-ethyl adjacent to an activating group) is 1. The molecule has 1 N–H and O–H groups in total. The van der Waals surface area contributed by atoms with Crippen LogP contribution < -0.4 is 14.9 Å². The highest BCUT2D eigenvalue weighted by atomic mass is 19.1. The predicted molar refractivity (Wildman–Crippen MR) is 104 cm³/mol. The number of hydrazone groups is 1. The summed E-state index contributed by atoms with van der Waals surface area (Å²) in [6.07, 6.45) is 0.989. The Kier molecular flexibility index (Phi) is 7.16. The lowest BCUT2D eigenvalue weighted by Crippen LogP contribution is -2.35. The Morgan fingerprint density at radius 2 is 1.93 bits per heavy atom. The maximum absolute atomic E-state index is 12.9. The average Bonchev–Trinajstić information content (AvgIpc) is 2.64. The molecular weight excluding hydrogens is 349 g/mol. The summed E-state index contributed by atoms with van der Waals surface area (Å²) in [6, 6.07) is 11.2. The fourth-order valence-corrected chi connectivity index (χ4v) is 2.28. The molecule has 6 nitrogen and oxygen atoms in total. The number of amides is 1. The molecule has 2 aromatic rings. The van der Waals surface area contributed by atoms with Crippen LogP contribution in [0.4, 0.5) is 10.1 Å². The number of rotatable bonds is 8. The maximum Gasteiger partial charge on any atom is 0.262 e. The van der Waals surface area contributed by atoms with Crippen LogP contribution in [0.25, 0.3) is 0 Å². The molecule has 2 aromatic carbocycles. The SMILES string of the molecule is CCOc1cc(/C=N\Nc2ccc(F)cc2)ccc1O[C@@H](C)C(=O)N(C)C. The van der Waals surface area contributed by atoms with Crippen LogP contribution in [0.2, 0.25) is 0 Å². The standard InChI is InChI=1S/C20H24FN3O3/c1-5-26-19-12-15(13-22-23-17-9-7-16(21)8-10-17)6-11-18(19)27-14(2)20(25)24(3)4/h6-14,23H,5H2,1-4H3/b22-13-/t14-/m0/s1.